The third-order valence-corrected chi connectivity index (χ3v) is 3.77. The van der Waals surface area contributed by atoms with Crippen LogP contribution in [0.15, 0.2) is 18.3 Å². The van der Waals surface area contributed by atoms with E-state index in [0.29, 0.717) is 31.8 Å². The predicted octanol–water partition coefficient (Wildman–Crippen LogP) is 1.14. The van der Waals surface area contributed by atoms with Gasteiger partial charge in [0.05, 0.1) is 13.0 Å². The van der Waals surface area contributed by atoms with Crippen LogP contribution in [0.1, 0.15) is 18.4 Å². The van der Waals surface area contributed by atoms with Crippen LogP contribution in [0, 0.1) is 5.92 Å². The SMILES string of the molecule is COc1ncccc1CCNC(=O)N1CCCC(C(=O)O)C1. The quantitative estimate of drug-likeness (QED) is 0.851. The number of aromatic nitrogens is 1. The van der Waals surface area contributed by atoms with Gasteiger partial charge in [0.1, 0.15) is 0 Å². The molecule has 1 aromatic rings. The Morgan fingerprint density at radius 3 is 3.09 bits per heavy atom. The topological polar surface area (TPSA) is 91.8 Å². The zero-order valence-corrected chi connectivity index (χ0v) is 12.6. The number of carboxylic acids is 1. The zero-order chi connectivity index (χ0) is 15.9. The van der Waals surface area contributed by atoms with E-state index in [1.165, 1.54) is 0 Å². The van der Waals surface area contributed by atoms with E-state index in [0.717, 1.165) is 12.0 Å². The summed E-state index contributed by atoms with van der Waals surface area (Å²) in [7, 11) is 1.56. The van der Waals surface area contributed by atoms with Crippen molar-refractivity contribution in [3.8, 4) is 5.88 Å². The molecule has 2 amide bonds. The monoisotopic (exact) mass is 307 g/mol. The van der Waals surface area contributed by atoms with Crippen molar-refractivity contribution < 1.29 is 19.4 Å². The third-order valence-electron chi connectivity index (χ3n) is 3.77. The Bertz CT molecular complexity index is 535. The summed E-state index contributed by atoms with van der Waals surface area (Å²) in [5.74, 6) is -0.740. The zero-order valence-electron chi connectivity index (χ0n) is 12.6. The second-order valence-electron chi connectivity index (χ2n) is 5.28. The molecule has 0 bridgehead atoms. The van der Waals surface area contributed by atoms with E-state index in [1.54, 1.807) is 18.2 Å². The van der Waals surface area contributed by atoms with Crippen LogP contribution >= 0.6 is 0 Å². The van der Waals surface area contributed by atoms with Gasteiger partial charge in [0.2, 0.25) is 5.88 Å². The van der Waals surface area contributed by atoms with Crippen molar-refractivity contribution in [1.29, 1.82) is 0 Å². The molecular weight excluding hydrogens is 286 g/mol. The first-order chi connectivity index (χ1) is 10.6. The smallest absolute Gasteiger partial charge is 0.317 e. The molecule has 1 atom stereocenters. The van der Waals surface area contributed by atoms with E-state index >= 15 is 0 Å². The maximum atomic E-state index is 12.1. The lowest BCUT2D eigenvalue weighted by Gasteiger charge is -2.30. The number of likely N-dealkylation sites (tertiary alicyclic amines) is 1. The molecule has 1 saturated heterocycles. The maximum absolute atomic E-state index is 12.1. The fourth-order valence-electron chi connectivity index (χ4n) is 2.58. The van der Waals surface area contributed by atoms with Gasteiger partial charge in [-0.2, -0.15) is 0 Å². The summed E-state index contributed by atoms with van der Waals surface area (Å²) in [6, 6.07) is 3.51. The van der Waals surface area contributed by atoms with Gasteiger partial charge in [0.25, 0.3) is 0 Å². The highest BCUT2D eigenvalue weighted by molar-refractivity contribution is 5.76. The van der Waals surface area contributed by atoms with E-state index in [1.807, 2.05) is 12.1 Å². The average molecular weight is 307 g/mol. The lowest BCUT2D eigenvalue weighted by Crippen LogP contribution is -2.47. The fourth-order valence-corrected chi connectivity index (χ4v) is 2.58. The number of nitrogens with one attached hydrogen (secondary N) is 1. The van der Waals surface area contributed by atoms with Crippen LogP contribution in [0.3, 0.4) is 0 Å². The van der Waals surface area contributed by atoms with Crippen molar-refractivity contribution in [2.45, 2.75) is 19.3 Å². The van der Waals surface area contributed by atoms with E-state index in [2.05, 4.69) is 10.3 Å². The Kier molecular flexibility index (Phi) is 5.57. The standard InChI is InChI=1S/C15H21N3O4/c1-22-13-11(4-2-7-16-13)6-8-17-15(21)18-9-3-5-12(10-18)14(19)20/h2,4,7,12H,3,5-6,8-10H2,1H3,(H,17,21)(H,19,20). The number of carboxylic acid groups (broad SMARTS) is 1. The molecule has 1 fully saturated rings. The summed E-state index contributed by atoms with van der Waals surface area (Å²) in [5, 5.41) is 11.9. The van der Waals surface area contributed by atoms with Crippen LogP contribution in [0.5, 0.6) is 5.88 Å². The highest BCUT2D eigenvalue weighted by Crippen LogP contribution is 2.17. The number of methoxy groups -OCH3 is 1. The van der Waals surface area contributed by atoms with E-state index < -0.39 is 11.9 Å². The number of pyridine rings is 1. The van der Waals surface area contributed by atoms with Crippen LogP contribution in [-0.2, 0) is 11.2 Å². The van der Waals surface area contributed by atoms with Gasteiger partial charge >= 0.3 is 12.0 Å². The summed E-state index contributed by atoms with van der Waals surface area (Å²) < 4.78 is 5.16. The molecule has 1 aliphatic rings. The number of nitrogens with zero attached hydrogens (tertiary/aromatic N) is 2. The largest absolute Gasteiger partial charge is 0.481 e. The van der Waals surface area contributed by atoms with Crippen molar-refractivity contribution in [2.75, 3.05) is 26.7 Å². The van der Waals surface area contributed by atoms with Gasteiger partial charge in [0, 0.05) is 31.4 Å². The molecule has 1 aromatic heterocycles. The molecule has 2 N–H and O–H groups in total. The maximum Gasteiger partial charge on any atom is 0.317 e. The minimum absolute atomic E-state index is 0.214. The summed E-state index contributed by atoms with van der Waals surface area (Å²) >= 11 is 0. The minimum Gasteiger partial charge on any atom is -0.481 e. The van der Waals surface area contributed by atoms with E-state index in [9.17, 15) is 9.59 Å². The summed E-state index contributed by atoms with van der Waals surface area (Å²) in [4.78, 5) is 28.8. The van der Waals surface area contributed by atoms with Gasteiger partial charge in [-0.15, -0.1) is 0 Å². The average Bonchev–Trinajstić information content (AvgIpc) is 2.55. The van der Waals surface area contributed by atoms with Gasteiger partial charge in [0.15, 0.2) is 0 Å². The summed E-state index contributed by atoms with van der Waals surface area (Å²) in [6.07, 6.45) is 3.62. The molecule has 2 heterocycles. The summed E-state index contributed by atoms with van der Waals surface area (Å²) in [6.45, 7) is 1.33. The molecule has 0 spiro atoms. The predicted molar refractivity (Wildman–Crippen MR) is 79.8 cm³/mol. The molecule has 0 radical (unpaired) electrons. The number of piperidine rings is 1. The fraction of sp³-hybridized carbons (Fsp3) is 0.533. The Balaban J connectivity index is 1.81. The van der Waals surface area contributed by atoms with Crippen molar-refractivity contribution in [2.24, 2.45) is 5.92 Å². The lowest BCUT2D eigenvalue weighted by atomic mass is 9.99. The molecule has 120 valence electrons. The van der Waals surface area contributed by atoms with Gasteiger partial charge in [-0.1, -0.05) is 6.07 Å². The molecule has 0 aliphatic carbocycles. The molecule has 7 heteroatoms. The first-order valence-electron chi connectivity index (χ1n) is 7.35. The second kappa shape index (κ2) is 7.63. The summed E-state index contributed by atoms with van der Waals surface area (Å²) in [5.41, 5.74) is 0.923. The first-order valence-corrected chi connectivity index (χ1v) is 7.35. The third kappa shape index (κ3) is 4.09. The molecule has 0 saturated carbocycles. The van der Waals surface area contributed by atoms with Crippen molar-refractivity contribution in [3.05, 3.63) is 23.9 Å². The first kappa shape index (κ1) is 16.1. The molecule has 1 unspecified atom stereocenters. The Morgan fingerprint density at radius 1 is 1.55 bits per heavy atom. The van der Waals surface area contributed by atoms with Gasteiger partial charge in [-0.3, -0.25) is 4.79 Å². The number of hydrogen-bond acceptors (Lipinski definition) is 4. The Hall–Kier alpha value is -2.31. The van der Waals surface area contributed by atoms with Gasteiger partial charge < -0.3 is 20.1 Å². The number of aliphatic carboxylic acids is 1. The molecule has 0 aromatic carbocycles. The van der Waals surface area contributed by atoms with Crippen LogP contribution in [0.25, 0.3) is 0 Å². The van der Waals surface area contributed by atoms with Crippen molar-refractivity contribution in [1.82, 2.24) is 15.2 Å². The van der Waals surface area contributed by atoms with Crippen molar-refractivity contribution >= 4 is 12.0 Å². The Morgan fingerprint density at radius 2 is 2.36 bits per heavy atom. The second-order valence-corrected chi connectivity index (χ2v) is 5.28. The number of amides is 2. The molecule has 7 nitrogen and oxygen atoms in total. The number of urea groups is 1. The normalized spacial score (nSPS) is 17.9. The number of hydrogen-bond donors (Lipinski definition) is 2. The number of carbonyl (C=O) groups is 2. The van der Waals surface area contributed by atoms with Crippen LogP contribution < -0.4 is 10.1 Å². The Labute approximate surface area is 129 Å². The molecule has 1 aliphatic heterocycles. The molecule has 22 heavy (non-hydrogen) atoms. The highest BCUT2D eigenvalue weighted by Gasteiger charge is 2.27. The van der Waals surface area contributed by atoms with Crippen LogP contribution in [-0.4, -0.2) is 53.7 Å². The van der Waals surface area contributed by atoms with Crippen LogP contribution in [0.4, 0.5) is 4.79 Å². The molecular formula is C15H21N3O4. The van der Waals surface area contributed by atoms with Crippen molar-refractivity contribution in [3.63, 3.8) is 0 Å². The molecule has 2 rings (SSSR count). The van der Waals surface area contributed by atoms with Gasteiger partial charge in [-0.05, 0) is 25.3 Å². The number of ether oxygens (including phenoxy) is 1. The van der Waals surface area contributed by atoms with E-state index in [4.69, 9.17) is 9.84 Å². The highest BCUT2D eigenvalue weighted by atomic mass is 16.5. The number of rotatable bonds is 5. The van der Waals surface area contributed by atoms with Crippen LogP contribution in [0.2, 0.25) is 0 Å². The van der Waals surface area contributed by atoms with E-state index in [-0.39, 0.29) is 12.6 Å². The lowest BCUT2D eigenvalue weighted by molar-refractivity contribution is -0.143. The minimum atomic E-state index is -0.836. The number of carbonyl (C=O) groups excluding carboxylic acids is 1. The van der Waals surface area contributed by atoms with Gasteiger partial charge in [-0.25, -0.2) is 9.78 Å².